The quantitative estimate of drug-likeness (QED) is 0.588. The molecule has 0 radical (unpaired) electrons. The number of allylic oxidation sites excluding steroid dienone is 1. The van der Waals surface area contributed by atoms with E-state index in [1.165, 1.54) is 42.4 Å². The van der Waals surface area contributed by atoms with Gasteiger partial charge in [-0.3, -0.25) is 4.79 Å². The van der Waals surface area contributed by atoms with Gasteiger partial charge in [0.2, 0.25) is 0 Å². The van der Waals surface area contributed by atoms with Gasteiger partial charge in [0, 0.05) is 6.42 Å². The summed E-state index contributed by atoms with van der Waals surface area (Å²) in [5.74, 6) is 0.144. The van der Waals surface area contributed by atoms with E-state index in [4.69, 9.17) is 9.84 Å². The Bertz CT molecular complexity index is 775. The highest BCUT2D eigenvalue weighted by Crippen LogP contribution is 2.31. The molecule has 0 aliphatic heterocycles. The number of benzene rings is 2. The summed E-state index contributed by atoms with van der Waals surface area (Å²) < 4.78 is 6.14. The summed E-state index contributed by atoms with van der Waals surface area (Å²) in [6.45, 7) is 0.641. The van der Waals surface area contributed by atoms with E-state index in [-0.39, 0.29) is 6.42 Å². The number of aliphatic carboxylic acids is 1. The molecule has 3 nitrogen and oxygen atoms in total. The van der Waals surface area contributed by atoms with Crippen molar-refractivity contribution in [1.29, 1.82) is 0 Å². The fourth-order valence-corrected chi connectivity index (χ4v) is 3.83. The Morgan fingerprint density at radius 1 is 0.893 bits per heavy atom. The van der Waals surface area contributed by atoms with Crippen molar-refractivity contribution in [3.8, 4) is 5.75 Å². The summed E-state index contributed by atoms with van der Waals surface area (Å²) in [7, 11) is 0. The Labute approximate surface area is 168 Å². The molecule has 0 heterocycles. The lowest BCUT2D eigenvalue weighted by Gasteiger charge is -2.19. The maximum Gasteiger partial charge on any atom is 0.303 e. The standard InChI is InChI=1S/C25H30O3/c26-25(27)14-8-9-20-15-17-23(18-16-20)28-19-22-12-4-1-2-7-13-24(22)21-10-5-3-6-11-21/h3,5-6,10-11,15-18H,1-2,4,7-9,12-14,19H2,(H,26,27). The molecule has 0 aromatic heterocycles. The lowest BCUT2D eigenvalue weighted by molar-refractivity contribution is -0.137. The third-order valence-corrected chi connectivity index (χ3v) is 5.40. The smallest absolute Gasteiger partial charge is 0.303 e. The van der Waals surface area contributed by atoms with Crippen LogP contribution in [0.1, 0.15) is 62.5 Å². The molecule has 2 aromatic carbocycles. The van der Waals surface area contributed by atoms with E-state index >= 15 is 0 Å². The predicted octanol–water partition coefficient (Wildman–Crippen LogP) is 6.28. The van der Waals surface area contributed by atoms with Crippen LogP contribution < -0.4 is 4.74 Å². The average Bonchev–Trinajstić information content (AvgIpc) is 2.69. The second-order valence-corrected chi connectivity index (χ2v) is 7.54. The number of carboxylic acid groups (broad SMARTS) is 1. The van der Waals surface area contributed by atoms with E-state index < -0.39 is 5.97 Å². The molecule has 0 fully saturated rings. The molecule has 0 saturated heterocycles. The molecule has 0 bridgehead atoms. The Hall–Kier alpha value is -2.55. The molecule has 0 amide bonds. The first-order valence-corrected chi connectivity index (χ1v) is 10.4. The molecule has 148 valence electrons. The molecular formula is C25H30O3. The third-order valence-electron chi connectivity index (χ3n) is 5.40. The van der Waals surface area contributed by atoms with Gasteiger partial charge in [0.25, 0.3) is 0 Å². The second-order valence-electron chi connectivity index (χ2n) is 7.54. The van der Waals surface area contributed by atoms with Gasteiger partial charge in [-0.05, 0) is 72.9 Å². The summed E-state index contributed by atoms with van der Waals surface area (Å²) in [5.41, 5.74) is 5.38. The lowest BCUT2D eigenvalue weighted by atomic mass is 9.89. The van der Waals surface area contributed by atoms with Crippen molar-refractivity contribution in [2.24, 2.45) is 0 Å². The topological polar surface area (TPSA) is 46.5 Å². The largest absolute Gasteiger partial charge is 0.489 e. The van der Waals surface area contributed by atoms with Gasteiger partial charge >= 0.3 is 5.97 Å². The molecule has 3 rings (SSSR count). The number of carboxylic acids is 1. The molecule has 1 aliphatic carbocycles. The minimum atomic E-state index is -0.735. The summed E-state index contributed by atoms with van der Waals surface area (Å²) in [5, 5.41) is 8.75. The Kier molecular flexibility index (Phi) is 7.71. The highest BCUT2D eigenvalue weighted by atomic mass is 16.5. The molecule has 0 spiro atoms. The molecule has 3 heteroatoms. The molecule has 0 atom stereocenters. The van der Waals surface area contributed by atoms with Gasteiger partial charge in [-0.2, -0.15) is 0 Å². The number of hydrogen-bond donors (Lipinski definition) is 1. The van der Waals surface area contributed by atoms with Crippen LogP contribution in [0.25, 0.3) is 5.57 Å². The van der Waals surface area contributed by atoms with E-state index in [9.17, 15) is 4.79 Å². The predicted molar refractivity (Wildman–Crippen MR) is 114 cm³/mol. The van der Waals surface area contributed by atoms with Crippen molar-refractivity contribution >= 4 is 11.5 Å². The van der Waals surface area contributed by atoms with Gasteiger partial charge in [0.05, 0.1) is 0 Å². The Balaban J connectivity index is 1.65. The molecule has 28 heavy (non-hydrogen) atoms. The van der Waals surface area contributed by atoms with E-state index in [1.54, 1.807) is 0 Å². The van der Waals surface area contributed by atoms with Crippen LogP contribution in [0.15, 0.2) is 60.2 Å². The minimum Gasteiger partial charge on any atom is -0.489 e. The number of aryl methyl sites for hydroxylation is 1. The molecule has 1 N–H and O–H groups in total. The third kappa shape index (κ3) is 6.26. The van der Waals surface area contributed by atoms with E-state index in [0.717, 1.165) is 30.6 Å². The van der Waals surface area contributed by atoms with Gasteiger partial charge < -0.3 is 9.84 Å². The van der Waals surface area contributed by atoms with Crippen LogP contribution in [0.4, 0.5) is 0 Å². The van der Waals surface area contributed by atoms with Crippen LogP contribution in [-0.2, 0) is 11.2 Å². The van der Waals surface area contributed by atoms with Gasteiger partial charge in [-0.25, -0.2) is 0 Å². The number of carbonyl (C=O) groups is 1. The Morgan fingerprint density at radius 2 is 1.61 bits per heavy atom. The van der Waals surface area contributed by atoms with Crippen LogP contribution in [0, 0.1) is 0 Å². The average molecular weight is 379 g/mol. The van der Waals surface area contributed by atoms with E-state index in [1.807, 2.05) is 24.3 Å². The number of hydrogen-bond acceptors (Lipinski definition) is 2. The zero-order valence-corrected chi connectivity index (χ0v) is 16.5. The first kappa shape index (κ1) is 20.2. The zero-order chi connectivity index (χ0) is 19.6. The number of ether oxygens (including phenoxy) is 1. The van der Waals surface area contributed by atoms with E-state index in [2.05, 4.69) is 30.3 Å². The molecule has 2 aromatic rings. The fourth-order valence-electron chi connectivity index (χ4n) is 3.83. The highest BCUT2D eigenvalue weighted by molar-refractivity contribution is 5.69. The van der Waals surface area contributed by atoms with Crippen LogP contribution in [0.5, 0.6) is 5.75 Å². The molecule has 0 saturated carbocycles. The maximum atomic E-state index is 10.6. The molecular weight excluding hydrogens is 348 g/mol. The van der Waals surface area contributed by atoms with Crippen LogP contribution in [-0.4, -0.2) is 17.7 Å². The van der Waals surface area contributed by atoms with Gasteiger partial charge in [-0.1, -0.05) is 55.3 Å². The molecule has 1 aliphatic rings. The van der Waals surface area contributed by atoms with Crippen molar-refractivity contribution in [2.45, 2.75) is 57.8 Å². The number of rotatable bonds is 8. The van der Waals surface area contributed by atoms with Crippen LogP contribution in [0.3, 0.4) is 0 Å². The zero-order valence-electron chi connectivity index (χ0n) is 16.5. The van der Waals surface area contributed by atoms with Crippen LogP contribution in [0.2, 0.25) is 0 Å². The highest BCUT2D eigenvalue weighted by Gasteiger charge is 2.13. The van der Waals surface area contributed by atoms with Crippen molar-refractivity contribution in [2.75, 3.05) is 6.61 Å². The van der Waals surface area contributed by atoms with Crippen molar-refractivity contribution in [3.05, 3.63) is 71.3 Å². The first-order valence-electron chi connectivity index (χ1n) is 10.4. The lowest BCUT2D eigenvalue weighted by Crippen LogP contribution is -2.07. The second kappa shape index (κ2) is 10.7. The fraction of sp³-hybridized carbons (Fsp3) is 0.400. The van der Waals surface area contributed by atoms with Crippen molar-refractivity contribution in [3.63, 3.8) is 0 Å². The first-order chi connectivity index (χ1) is 13.7. The minimum absolute atomic E-state index is 0.217. The summed E-state index contributed by atoms with van der Waals surface area (Å²) in [4.78, 5) is 10.6. The van der Waals surface area contributed by atoms with Gasteiger partial charge in [0.15, 0.2) is 0 Å². The maximum absolute atomic E-state index is 10.6. The van der Waals surface area contributed by atoms with Gasteiger partial charge in [-0.15, -0.1) is 0 Å². The monoisotopic (exact) mass is 378 g/mol. The summed E-state index contributed by atoms with van der Waals surface area (Å²) >= 11 is 0. The Morgan fingerprint density at radius 3 is 2.32 bits per heavy atom. The van der Waals surface area contributed by atoms with E-state index in [0.29, 0.717) is 13.0 Å². The van der Waals surface area contributed by atoms with Crippen LogP contribution >= 0.6 is 0 Å². The van der Waals surface area contributed by atoms with Crippen molar-refractivity contribution < 1.29 is 14.6 Å². The SMILES string of the molecule is O=C(O)CCCc1ccc(OCC2=C(c3ccccc3)CCCCCC2)cc1. The normalized spacial score (nSPS) is 15.0. The summed E-state index contributed by atoms with van der Waals surface area (Å²) in [6, 6.07) is 18.8. The van der Waals surface area contributed by atoms with Crippen molar-refractivity contribution in [1.82, 2.24) is 0 Å². The van der Waals surface area contributed by atoms with Gasteiger partial charge in [0.1, 0.15) is 12.4 Å². The summed E-state index contributed by atoms with van der Waals surface area (Å²) in [6.07, 6.45) is 9.01. The molecule has 0 unspecified atom stereocenters.